The summed E-state index contributed by atoms with van der Waals surface area (Å²) in [5.41, 5.74) is 4.64. The third-order valence-electron chi connectivity index (χ3n) is 3.86. The molecule has 1 aliphatic heterocycles. The number of ether oxygens (including phenoxy) is 1. The lowest BCUT2D eigenvalue weighted by molar-refractivity contribution is 0.0994. The molecule has 0 saturated carbocycles. The zero-order valence-electron chi connectivity index (χ0n) is 12.0. The zero-order valence-corrected chi connectivity index (χ0v) is 12.0. The fourth-order valence-corrected chi connectivity index (χ4v) is 2.66. The van der Waals surface area contributed by atoms with Crippen LogP contribution in [0.4, 0.5) is 0 Å². The van der Waals surface area contributed by atoms with Crippen molar-refractivity contribution < 1.29 is 4.74 Å². The highest BCUT2D eigenvalue weighted by molar-refractivity contribution is 5.28. The molecule has 3 N–H and O–H groups in total. The van der Waals surface area contributed by atoms with Gasteiger partial charge >= 0.3 is 0 Å². The minimum atomic E-state index is 0.00617. The smallest absolute Gasteiger partial charge is 0.101 e. The van der Waals surface area contributed by atoms with Gasteiger partial charge in [-0.05, 0) is 37.8 Å². The lowest BCUT2D eigenvalue weighted by Crippen LogP contribution is -2.29. The van der Waals surface area contributed by atoms with Gasteiger partial charge in [0, 0.05) is 6.61 Å². The monoisotopic (exact) mass is 287 g/mol. The summed E-state index contributed by atoms with van der Waals surface area (Å²) in [7, 11) is 0. The van der Waals surface area contributed by atoms with E-state index in [2.05, 4.69) is 15.6 Å². The van der Waals surface area contributed by atoms with Crippen LogP contribution in [0.1, 0.15) is 37.4 Å². The molecular formula is C15H21N5O. The topological polar surface area (TPSA) is 78.0 Å². The molecule has 0 spiro atoms. The summed E-state index contributed by atoms with van der Waals surface area (Å²) in [6, 6.07) is 9.86. The van der Waals surface area contributed by atoms with E-state index in [4.69, 9.17) is 10.6 Å². The van der Waals surface area contributed by atoms with Gasteiger partial charge < -0.3 is 4.74 Å². The second-order valence-electron chi connectivity index (χ2n) is 5.33. The standard InChI is InChI=1S/C15H21N5O/c16-18-14(9-8-13-7-4-10-21-13)15-11-17-20(19-15)12-5-2-1-3-6-12/h1-3,5-6,11,13-14,18H,4,7-10,16H2. The van der Waals surface area contributed by atoms with Crippen LogP contribution in [0.5, 0.6) is 0 Å². The molecule has 112 valence electrons. The average molecular weight is 287 g/mol. The van der Waals surface area contributed by atoms with Crippen molar-refractivity contribution in [2.75, 3.05) is 6.61 Å². The normalized spacial score (nSPS) is 19.8. The third-order valence-corrected chi connectivity index (χ3v) is 3.86. The van der Waals surface area contributed by atoms with Crippen molar-refractivity contribution >= 4 is 0 Å². The molecule has 0 amide bonds. The molecule has 1 aromatic heterocycles. The Balaban J connectivity index is 1.65. The van der Waals surface area contributed by atoms with Gasteiger partial charge in [0.05, 0.1) is 24.0 Å². The number of nitrogens with two attached hydrogens (primary N) is 1. The summed E-state index contributed by atoms with van der Waals surface area (Å²) >= 11 is 0. The molecule has 0 aliphatic carbocycles. The van der Waals surface area contributed by atoms with Crippen molar-refractivity contribution in [3.63, 3.8) is 0 Å². The fraction of sp³-hybridized carbons (Fsp3) is 0.467. The van der Waals surface area contributed by atoms with Crippen molar-refractivity contribution in [1.82, 2.24) is 20.4 Å². The second kappa shape index (κ2) is 6.80. The zero-order chi connectivity index (χ0) is 14.5. The first-order valence-corrected chi connectivity index (χ1v) is 7.42. The van der Waals surface area contributed by atoms with Crippen molar-refractivity contribution in [2.24, 2.45) is 5.84 Å². The van der Waals surface area contributed by atoms with E-state index in [0.717, 1.165) is 43.7 Å². The number of benzene rings is 1. The number of hydrogen-bond donors (Lipinski definition) is 2. The summed E-state index contributed by atoms with van der Waals surface area (Å²) < 4.78 is 5.65. The highest BCUT2D eigenvalue weighted by atomic mass is 16.5. The van der Waals surface area contributed by atoms with Gasteiger partial charge in [-0.15, -0.1) is 0 Å². The number of hydrogen-bond acceptors (Lipinski definition) is 5. The van der Waals surface area contributed by atoms with Gasteiger partial charge in [-0.1, -0.05) is 18.2 Å². The summed E-state index contributed by atoms with van der Waals surface area (Å²) in [6.45, 7) is 0.885. The van der Waals surface area contributed by atoms with Crippen LogP contribution < -0.4 is 11.3 Å². The molecule has 2 aromatic rings. The van der Waals surface area contributed by atoms with E-state index in [1.165, 1.54) is 0 Å². The van der Waals surface area contributed by atoms with E-state index in [1.54, 1.807) is 11.0 Å². The lowest BCUT2D eigenvalue weighted by Gasteiger charge is -2.15. The molecule has 21 heavy (non-hydrogen) atoms. The fourth-order valence-electron chi connectivity index (χ4n) is 2.66. The quantitative estimate of drug-likeness (QED) is 0.625. The van der Waals surface area contributed by atoms with E-state index >= 15 is 0 Å². The molecule has 2 unspecified atom stereocenters. The number of aromatic nitrogens is 3. The van der Waals surface area contributed by atoms with Gasteiger partial charge in [0.25, 0.3) is 0 Å². The molecule has 2 heterocycles. The second-order valence-corrected chi connectivity index (χ2v) is 5.33. The minimum absolute atomic E-state index is 0.00617. The van der Waals surface area contributed by atoms with Crippen molar-refractivity contribution in [2.45, 2.75) is 37.8 Å². The van der Waals surface area contributed by atoms with Crippen LogP contribution in [0, 0.1) is 0 Å². The Morgan fingerprint density at radius 1 is 1.38 bits per heavy atom. The maximum Gasteiger partial charge on any atom is 0.101 e. The summed E-state index contributed by atoms with van der Waals surface area (Å²) in [5.74, 6) is 5.67. The predicted octanol–water partition coefficient (Wildman–Crippen LogP) is 1.73. The van der Waals surface area contributed by atoms with E-state index in [0.29, 0.717) is 6.10 Å². The summed E-state index contributed by atoms with van der Waals surface area (Å²) in [4.78, 5) is 1.63. The van der Waals surface area contributed by atoms with Crippen LogP contribution in [0.15, 0.2) is 36.5 Å². The highest BCUT2D eigenvalue weighted by Crippen LogP contribution is 2.22. The van der Waals surface area contributed by atoms with Crippen LogP contribution in [0.2, 0.25) is 0 Å². The van der Waals surface area contributed by atoms with E-state index < -0.39 is 0 Å². The third kappa shape index (κ3) is 3.47. The molecule has 1 saturated heterocycles. The largest absolute Gasteiger partial charge is 0.378 e. The SMILES string of the molecule is NNC(CCC1CCCO1)c1cnn(-c2ccccc2)n1. The first-order chi connectivity index (χ1) is 10.4. The number of para-hydroxylation sites is 1. The Morgan fingerprint density at radius 2 is 2.24 bits per heavy atom. The number of hydrazine groups is 1. The molecule has 0 radical (unpaired) electrons. The van der Waals surface area contributed by atoms with Gasteiger partial charge in [0.15, 0.2) is 0 Å². The lowest BCUT2D eigenvalue weighted by atomic mass is 10.0. The summed E-state index contributed by atoms with van der Waals surface area (Å²) in [6.07, 6.45) is 6.34. The van der Waals surface area contributed by atoms with E-state index in [1.807, 2.05) is 30.3 Å². The molecule has 1 aliphatic rings. The Kier molecular flexibility index (Phi) is 4.59. The van der Waals surface area contributed by atoms with E-state index in [9.17, 15) is 0 Å². The molecule has 2 atom stereocenters. The van der Waals surface area contributed by atoms with Crippen LogP contribution in [0.3, 0.4) is 0 Å². The van der Waals surface area contributed by atoms with Gasteiger partial charge in [-0.3, -0.25) is 11.3 Å². The Labute approximate surface area is 124 Å². The molecule has 3 rings (SSSR count). The first kappa shape index (κ1) is 14.2. The molecule has 1 aromatic carbocycles. The average Bonchev–Trinajstić information content (AvgIpc) is 3.20. The van der Waals surface area contributed by atoms with Crippen LogP contribution >= 0.6 is 0 Å². The van der Waals surface area contributed by atoms with Crippen molar-refractivity contribution in [1.29, 1.82) is 0 Å². The minimum Gasteiger partial charge on any atom is -0.378 e. The van der Waals surface area contributed by atoms with Gasteiger partial charge in [-0.2, -0.15) is 15.0 Å². The van der Waals surface area contributed by atoms with Crippen LogP contribution in [-0.4, -0.2) is 27.7 Å². The Hall–Kier alpha value is -1.76. The van der Waals surface area contributed by atoms with E-state index in [-0.39, 0.29) is 6.04 Å². The number of nitrogens with zero attached hydrogens (tertiary/aromatic N) is 3. The first-order valence-electron chi connectivity index (χ1n) is 7.42. The van der Waals surface area contributed by atoms with Gasteiger partial charge in [0.2, 0.25) is 0 Å². The maximum atomic E-state index is 5.67. The van der Waals surface area contributed by atoms with Crippen molar-refractivity contribution in [3.8, 4) is 5.69 Å². The molecule has 6 nitrogen and oxygen atoms in total. The molecule has 0 bridgehead atoms. The number of rotatable bonds is 6. The Morgan fingerprint density at radius 3 is 2.95 bits per heavy atom. The molecule has 1 fully saturated rings. The predicted molar refractivity (Wildman–Crippen MR) is 79.6 cm³/mol. The van der Waals surface area contributed by atoms with Gasteiger partial charge in [0.1, 0.15) is 5.69 Å². The summed E-state index contributed by atoms with van der Waals surface area (Å²) in [5, 5.41) is 8.83. The highest BCUT2D eigenvalue weighted by Gasteiger charge is 2.20. The van der Waals surface area contributed by atoms with Gasteiger partial charge in [-0.25, -0.2) is 0 Å². The Bertz CT molecular complexity index is 550. The molecule has 6 heteroatoms. The van der Waals surface area contributed by atoms with Crippen molar-refractivity contribution in [3.05, 3.63) is 42.2 Å². The molecular weight excluding hydrogens is 266 g/mol. The van der Waals surface area contributed by atoms with Crippen LogP contribution in [0.25, 0.3) is 5.69 Å². The maximum absolute atomic E-state index is 5.67. The number of nitrogens with one attached hydrogen (secondary N) is 1. The van der Waals surface area contributed by atoms with Crippen LogP contribution in [-0.2, 0) is 4.74 Å².